The van der Waals surface area contributed by atoms with Crippen molar-refractivity contribution in [3.05, 3.63) is 54.1 Å². The molecule has 3 aromatic rings. The molecule has 1 N–H and O–H groups in total. The highest BCUT2D eigenvalue weighted by molar-refractivity contribution is 7.99. The second-order valence-electron chi connectivity index (χ2n) is 7.70. The first-order chi connectivity index (χ1) is 14.6. The first-order valence-electron chi connectivity index (χ1n) is 10.3. The minimum absolute atomic E-state index is 0.0846. The molecule has 2 heterocycles. The Morgan fingerprint density at radius 3 is 2.37 bits per heavy atom. The summed E-state index contributed by atoms with van der Waals surface area (Å²) in [4.78, 5) is 14.8. The molecule has 0 aliphatic carbocycles. The van der Waals surface area contributed by atoms with Crippen LogP contribution in [0.2, 0.25) is 0 Å². The molecule has 1 saturated heterocycles. The molecule has 1 aliphatic heterocycles. The van der Waals surface area contributed by atoms with Crippen LogP contribution in [0.1, 0.15) is 38.2 Å². The summed E-state index contributed by atoms with van der Waals surface area (Å²) < 4.78 is 1.66. The molecule has 8 heteroatoms. The van der Waals surface area contributed by atoms with Gasteiger partial charge in [-0.25, -0.2) is 0 Å². The maximum Gasteiger partial charge on any atom is 0.234 e. The number of nitrogens with one attached hydrogen (secondary N) is 1. The number of hydrogen-bond donors (Lipinski definition) is 1. The lowest BCUT2D eigenvalue weighted by atomic mass is 10.0. The van der Waals surface area contributed by atoms with Gasteiger partial charge >= 0.3 is 0 Å². The molecule has 4 rings (SSSR count). The zero-order chi connectivity index (χ0) is 20.9. The van der Waals surface area contributed by atoms with Crippen molar-refractivity contribution in [1.82, 2.24) is 20.2 Å². The van der Waals surface area contributed by atoms with Crippen molar-refractivity contribution in [2.45, 2.75) is 37.8 Å². The number of amides is 1. The molecule has 0 radical (unpaired) electrons. The highest BCUT2D eigenvalue weighted by Crippen LogP contribution is 2.23. The monoisotopic (exact) mass is 422 g/mol. The fourth-order valence-electron chi connectivity index (χ4n) is 3.49. The van der Waals surface area contributed by atoms with Gasteiger partial charge < -0.3 is 10.2 Å². The second kappa shape index (κ2) is 9.30. The average Bonchev–Trinajstić information content (AvgIpc) is 3.45. The second-order valence-corrected chi connectivity index (χ2v) is 8.64. The molecular weight excluding hydrogens is 396 g/mol. The topological polar surface area (TPSA) is 75.9 Å². The first-order valence-corrected chi connectivity index (χ1v) is 11.2. The van der Waals surface area contributed by atoms with Gasteiger partial charge in [-0.1, -0.05) is 37.7 Å². The van der Waals surface area contributed by atoms with Crippen LogP contribution in [0.15, 0.2) is 53.7 Å². The Balaban J connectivity index is 1.34. The number of carbonyl (C=O) groups is 1. The Morgan fingerprint density at radius 1 is 1.03 bits per heavy atom. The molecule has 0 atom stereocenters. The van der Waals surface area contributed by atoms with E-state index in [1.54, 1.807) is 4.68 Å². The zero-order valence-electron chi connectivity index (χ0n) is 17.3. The lowest BCUT2D eigenvalue weighted by Gasteiger charge is -2.17. The molecule has 0 unspecified atom stereocenters. The summed E-state index contributed by atoms with van der Waals surface area (Å²) in [5, 5.41) is 15.4. The maximum atomic E-state index is 12.4. The van der Waals surface area contributed by atoms with Crippen LogP contribution in [-0.4, -0.2) is 45.0 Å². The zero-order valence-corrected chi connectivity index (χ0v) is 18.1. The van der Waals surface area contributed by atoms with E-state index in [1.807, 2.05) is 24.3 Å². The summed E-state index contributed by atoms with van der Waals surface area (Å²) in [7, 11) is 0. The molecule has 30 heavy (non-hydrogen) atoms. The predicted molar refractivity (Wildman–Crippen MR) is 120 cm³/mol. The Bertz CT molecular complexity index is 978. The SMILES string of the molecule is CC(C)c1ccc(-n2nnnc2SCC(=O)Nc2ccc(N3CCCC3)cc2)cc1. The van der Waals surface area contributed by atoms with E-state index in [2.05, 4.69) is 63.9 Å². The third-order valence-electron chi connectivity index (χ3n) is 5.20. The summed E-state index contributed by atoms with van der Waals surface area (Å²) in [5.74, 6) is 0.617. The van der Waals surface area contributed by atoms with Crippen molar-refractivity contribution in [3.8, 4) is 5.69 Å². The molecule has 7 nitrogen and oxygen atoms in total. The molecule has 156 valence electrons. The minimum atomic E-state index is -0.0846. The molecule has 1 aliphatic rings. The molecule has 1 amide bonds. The quantitative estimate of drug-likeness (QED) is 0.577. The van der Waals surface area contributed by atoms with E-state index < -0.39 is 0 Å². The highest BCUT2D eigenvalue weighted by Gasteiger charge is 2.14. The number of hydrogen-bond acceptors (Lipinski definition) is 6. The van der Waals surface area contributed by atoms with Crippen molar-refractivity contribution < 1.29 is 4.79 Å². The largest absolute Gasteiger partial charge is 0.372 e. The van der Waals surface area contributed by atoms with Crippen LogP contribution in [0, 0.1) is 0 Å². The Morgan fingerprint density at radius 2 is 1.70 bits per heavy atom. The van der Waals surface area contributed by atoms with Crippen molar-refractivity contribution in [3.63, 3.8) is 0 Å². The van der Waals surface area contributed by atoms with E-state index in [-0.39, 0.29) is 11.7 Å². The number of carbonyl (C=O) groups excluding carboxylic acids is 1. The van der Waals surface area contributed by atoms with Gasteiger partial charge in [0, 0.05) is 24.5 Å². The van der Waals surface area contributed by atoms with Crippen LogP contribution >= 0.6 is 11.8 Å². The Hall–Kier alpha value is -2.87. The van der Waals surface area contributed by atoms with E-state index in [0.29, 0.717) is 11.1 Å². The number of aromatic nitrogens is 4. The van der Waals surface area contributed by atoms with Crippen molar-refractivity contribution in [2.75, 3.05) is 29.1 Å². The van der Waals surface area contributed by atoms with Crippen molar-refractivity contribution in [2.24, 2.45) is 0 Å². The summed E-state index contributed by atoms with van der Waals surface area (Å²) in [6.07, 6.45) is 2.49. The Kier molecular flexibility index (Phi) is 6.32. The molecular formula is C22H26N6OS. The lowest BCUT2D eigenvalue weighted by molar-refractivity contribution is -0.113. The number of thioether (sulfide) groups is 1. The van der Waals surface area contributed by atoms with E-state index >= 15 is 0 Å². The van der Waals surface area contributed by atoms with Gasteiger partial charge in [-0.15, -0.1) is 5.10 Å². The molecule has 2 aromatic carbocycles. The minimum Gasteiger partial charge on any atom is -0.372 e. The number of rotatable bonds is 7. The van der Waals surface area contributed by atoms with Crippen LogP contribution in [0.5, 0.6) is 0 Å². The smallest absolute Gasteiger partial charge is 0.234 e. The maximum absolute atomic E-state index is 12.4. The van der Waals surface area contributed by atoms with Crippen LogP contribution < -0.4 is 10.2 Å². The van der Waals surface area contributed by atoms with Crippen LogP contribution in [0.4, 0.5) is 11.4 Å². The van der Waals surface area contributed by atoms with E-state index in [9.17, 15) is 4.79 Å². The normalized spacial score (nSPS) is 13.8. The van der Waals surface area contributed by atoms with Gasteiger partial charge in [-0.3, -0.25) is 4.79 Å². The third kappa shape index (κ3) is 4.81. The first kappa shape index (κ1) is 20.4. The van der Waals surface area contributed by atoms with Crippen molar-refractivity contribution >= 4 is 29.0 Å². The van der Waals surface area contributed by atoms with Gasteiger partial charge in [0.05, 0.1) is 11.4 Å². The van der Waals surface area contributed by atoms with Gasteiger partial charge in [0.2, 0.25) is 11.1 Å². The van der Waals surface area contributed by atoms with Crippen LogP contribution in [0.3, 0.4) is 0 Å². The number of benzene rings is 2. The summed E-state index contributed by atoms with van der Waals surface area (Å²) >= 11 is 1.32. The van der Waals surface area contributed by atoms with Gasteiger partial charge in [-0.2, -0.15) is 4.68 Å². The average molecular weight is 423 g/mol. The van der Waals surface area contributed by atoms with E-state index in [0.717, 1.165) is 24.5 Å². The highest BCUT2D eigenvalue weighted by atomic mass is 32.2. The summed E-state index contributed by atoms with van der Waals surface area (Å²) in [6.45, 7) is 6.53. The number of nitrogens with zero attached hydrogens (tertiary/aromatic N) is 5. The lowest BCUT2D eigenvalue weighted by Crippen LogP contribution is -2.18. The van der Waals surface area contributed by atoms with Gasteiger partial charge in [0.25, 0.3) is 0 Å². The molecule has 1 aromatic heterocycles. The molecule has 0 saturated carbocycles. The fourth-order valence-corrected chi connectivity index (χ4v) is 4.18. The standard InChI is InChI=1S/C22H26N6OS/c1-16(2)17-5-9-20(10-6-17)28-22(24-25-26-28)30-15-21(29)23-18-7-11-19(12-8-18)27-13-3-4-14-27/h5-12,16H,3-4,13-15H2,1-2H3,(H,23,29). The van der Waals surface area contributed by atoms with E-state index in [1.165, 1.54) is 35.9 Å². The summed E-state index contributed by atoms with van der Waals surface area (Å²) in [6, 6.07) is 16.2. The van der Waals surface area contributed by atoms with Gasteiger partial charge in [-0.05, 0) is 71.1 Å². The summed E-state index contributed by atoms with van der Waals surface area (Å²) in [5.41, 5.74) is 4.15. The number of tetrazole rings is 1. The molecule has 0 spiro atoms. The fraction of sp³-hybridized carbons (Fsp3) is 0.364. The van der Waals surface area contributed by atoms with Crippen LogP contribution in [-0.2, 0) is 4.79 Å². The van der Waals surface area contributed by atoms with Gasteiger partial charge in [0.1, 0.15) is 0 Å². The molecule has 0 bridgehead atoms. The van der Waals surface area contributed by atoms with Gasteiger partial charge in [0.15, 0.2) is 0 Å². The van der Waals surface area contributed by atoms with Crippen molar-refractivity contribution in [1.29, 1.82) is 0 Å². The predicted octanol–water partition coefficient (Wildman–Crippen LogP) is 4.12. The molecule has 1 fully saturated rings. The van der Waals surface area contributed by atoms with E-state index in [4.69, 9.17) is 0 Å². The Labute approximate surface area is 180 Å². The third-order valence-corrected chi connectivity index (χ3v) is 6.12. The number of anilines is 2. The van der Waals surface area contributed by atoms with Crippen LogP contribution in [0.25, 0.3) is 5.69 Å².